The van der Waals surface area contributed by atoms with E-state index in [2.05, 4.69) is 9.97 Å². The molecule has 1 aromatic heterocycles. The van der Waals surface area contributed by atoms with E-state index in [4.69, 9.17) is 27.9 Å². The highest BCUT2D eigenvalue weighted by atomic mass is 35.5. The second-order valence-corrected chi connectivity index (χ2v) is 5.19. The van der Waals surface area contributed by atoms with E-state index in [-0.39, 0.29) is 11.8 Å². The van der Waals surface area contributed by atoms with Crippen LogP contribution in [0.5, 0.6) is 0 Å². The Balaban J connectivity index is 2.34. The average Bonchev–Trinajstić information content (AvgIpc) is 2.41. The maximum atomic E-state index is 11.8. The third-order valence-electron chi connectivity index (χ3n) is 2.43. The highest BCUT2D eigenvalue weighted by Gasteiger charge is 2.13. The van der Waals surface area contributed by atoms with Crippen LogP contribution in [0.25, 0.3) is 11.3 Å². The standard InChI is InChI=1S/C14H12Cl2N2O2/c1-8(2)20-14(19)13-6-12(17-7-18-13)9-3-4-10(15)11(16)5-9/h3-8H,1-2H3. The SMILES string of the molecule is CC(C)OC(=O)c1cc(-c2ccc(Cl)c(Cl)c2)ncn1. The van der Waals surface area contributed by atoms with Gasteiger partial charge in [-0.15, -0.1) is 0 Å². The van der Waals surface area contributed by atoms with E-state index >= 15 is 0 Å². The van der Waals surface area contributed by atoms with Gasteiger partial charge in [0.2, 0.25) is 0 Å². The number of nitrogens with zero attached hydrogens (tertiary/aromatic N) is 2. The summed E-state index contributed by atoms with van der Waals surface area (Å²) in [5.74, 6) is -0.483. The topological polar surface area (TPSA) is 52.1 Å². The largest absolute Gasteiger partial charge is 0.458 e. The molecule has 0 unspecified atom stereocenters. The molecule has 0 radical (unpaired) electrons. The van der Waals surface area contributed by atoms with Gasteiger partial charge >= 0.3 is 5.97 Å². The van der Waals surface area contributed by atoms with E-state index in [1.165, 1.54) is 6.33 Å². The lowest BCUT2D eigenvalue weighted by molar-refractivity contribution is 0.0370. The van der Waals surface area contributed by atoms with Crippen LogP contribution in [0.1, 0.15) is 24.3 Å². The molecule has 0 N–H and O–H groups in total. The first-order valence-corrected chi connectivity index (χ1v) is 6.71. The quantitative estimate of drug-likeness (QED) is 0.804. The van der Waals surface area contributed by atoms with E-state index in [1.54, 1.807) is 38.1 Å². The van der Waals surface area contributed by atoms with Crippen LogP contribution < -0.4 is 0 Å². The summed E-state index contributed by atoms with van der Waals surface area (Å²) in [6.45, 7) is 3.55. The second-order valence-electron chi connectivity index (χ2n) is 4.37. The molecule has 0 spiro atoms. The van der Waals surface area contributed by atoms with Crippen LogP contribution in [-0.4, -0.2) is 22.0 Å². The molecule has 1 heterocycles. The summed E-state index contributed by atoms with van der Waals surface area (Å²) >= 11 is 11.8. The summed E-state index contributed by atoms with van der Waals surface area (Å²) in [5, 5.41) is 0.887. The van der Waals surface area contributed by atoms with E-state index < -0.39 is 5.97 Å². The Kier molecular flexibility index (Phi) is 4.57. The number of ether oxygens (including phenoxy) is 1. The molecule has 6 heteroatoms. The summed E-state index contributed by atoms with van der Waals surface area (Å²) in [6.07, 6.45) is 1.11. The van der Waals surface area contributed by atoms with Crippen molar-refractivity contribution in [3.63, 3.8) is 0 Å². The molecule has 0 amide bonds. The Hall–Kier alpha value is -1.65. The summed E-state index contributed by atoms with van der Waals surface area (Å²) in [4.78, 5) is 19.8. The zero-order valence-electron chi connectivity index (χ0n) is 10.9. The third kappa shape index (κ3) is 3.46. The molecule has 0 saturated heterocycles. The Morgan fingerprint density at radius 2 is 1.90 bits per heavy atom. The van der Waals surface area contributed by atoms with Crippen molar-refractivity contribution < 1.29 is 9.53 Å². The van der Waals surface area contributed by atoms with Crippen LogP contribution in [0, 0.1) is 0 Å². The fourth-order valence-corrected chi connectivity index (χ4v) is 1.85. The van der Waals surface area contributed by atoms with E-state index in [1.807, 2.05) is 0 Å². The Morgan fingerprint density at radius 3 is 2.55 bits per heavy atom. The van der Waals surface area contributed by atoms with Gasteiger partial charge in [-0.2, -0.15) is 0 Å². The first-order chi connectivity index (χ1) is 9.47. The average molecular weight is 311 g/mol. The molecule has 4 nitrogen and oxygen atoms in total. The van der Waals surface area contributed by atoms with Gasteiger partial charge in [0.25, 0.3) is 0 Å². The zero-order valence-corrected chi connectivity index (χ0v) is 12.4. The van der Waals surface area contributed by atoms with Gasteiger partial charge in [0.1, 0.15) is 6.33 Å². The molecule has 0 bridgehead atoms. The fraction of sp³-hybridized carbons (Fsp3) is 0.214. The molecule has 0 aliphatic rings. The minimum absolute atomic E-state index is 0.203. The molecule has 104 valence electrons. The monoisotopic (exact) mass is 310 g/mol. The molecule has 0 aliphatic heterocycles. The summed E-state index contributed by atoms with van der Waals surface area (Å²) in [5.41, 5.74) is 1.53. The normalized spacial score (nSPS) is 10.7. The minimum Gasteiger partial charge on any atom is -0.458 e. The van der Waals surface area contributed by atoms with Crippen LogP contribution in [0.2, 0.25) is 10.0 Å². The highest BCUT2D eigenvalue weighted by Crippen LogP contribution is 2.27. The number of aromatic nitrogens is 2. The smallest absolute Gasteiger partial charge is 0.357 e. The molecular formula is C14H12Cl2N2O2. The van der Waals surface area contributed by atoms with Gasteiger partial charge in [0.05, 0.1) is 21.8 Å². The molecule has 0 saturated carbocycles. The van der Waals surface area contributed by atoms with Crippen molar-refractivity contribution in [3.8, 4) is 11.3 Å². The fourth-order valence-electron chi connectivity index (χ4n) is 1.56. The number of carbonyl (C=O) groups is 1. The predicted octanol–water partition coefficient (Wildman–Crippen LogP) is 4.02. The minimum atomic E-state index is -0.483. The third-order valence-corrected chi connectivity index (χ3v) is 3.17. The van der Waals surface area contributed by atoms with Crippen molar-refractivity contribution in [1.29, 1.82) is 0 Å². The van der Waals surface area contributed by atoms with E-state index in [0.29, 0.717) is 15.7 Å². The Morgan fingerprint density at radius 1 is 1.15 bits per heavy atom. The summed E-state index contributed by atoms with van der Waals surface area (Å²) < 4.78 is 5.09. The molecule has 0 atom stereocenters. The number of esters is 1. The Bertz CT molecular complexity index is 645. The van der Waals surface area contributed by atoms with Crippen molar-refractivity contribution in [3.05, 3.63) is 46.3 Å². The lowest BCUT2D eigenvalue weighted by Crippen LogP contribution is -2.13. The Labute approximate surface area is 126 Å². The van der Waals surface area contributed by atoms with Gasteiger partial charge in [0, 0.05) is 5.56 Å². The number of hydrogen-bond donors (Lipinski definition) is 0. The van der Waals surface area contributed by atoms with E-state index in [9.17, 15) is 4.79 Å². The number of carbonyl (C=O) groups excluding carboxylic acids is 1. The molecule has 2 rings (SSSR count). The van der Waals surface area contributed by atoms with Crippen molar-refractivity contribution in [2.24, 2.45) is 0 Å². The first-order valence-electron chi connectivity index (χ1n) is 5.96. The number of hydrogen-bond acceptors (Lipinski definition) is 4. The van der Waals surface area contributed by atoms with E-state index in [0.717, 1.165) is 5.56 Å². The zero-order chi connectivity index (χ0) is 14.7. The maximum Gasteiger partial charge on any atom is 0.357 e. The molecule has 20 heavy (non-hydrogen) atoms. The van der Waals surface area contributed by atoms with Gasteiger partial charge in [-0.05, 0) is 32.0 Å². The van der Waals surface area contributed by atoms with Crippen molar-refractivity contribution in [2.75, 3.05) is 0 Å². The summed E-state index contributed by atoms with van der Waals surface area (Å²) in [6, 6.07) is 6.69. The van der Waals surface area contributed by atoms with Gasteiger partial charge in [0.15, 0.2) is 5.69 Å². The predicted molar refractivity (Wildman–Crippen MR) is 78.0 cm³/mol. The van der Waals surface area contributed by atoms with Gasteiger partial charge in [-0.1, -0.05) is 29.3 Å². The number of benzene rings is 1. The van der Waals surface area contributed by atoms with Crippen LogP contribution in [-0.2, 0) is 4.74 Å². The van der Waals surface area contributed by atoms with Crippen molar-refractivity contribution in [1.82, 2.24) is 9.97 Å². The van der Waals surface area contributed by atoms with Crippen molar-refractivity contribution >= 4 is 29.2 Å². The molecule has 0 aliphatic carbocycles. The van der Waals surface area contributed by atoms with Crippen molar-refractivity contribution in [2.45, 2.75) is 20.0 Å². The second kappa shape index (κ2) is 6.20. The molecular weight excluding hydrogens is 299 g/mol. The first kappa shape index (κ1) is 14.8. The lowest BCUT2D eigenvalue weighted by Gasteiger charge is -2.08. The lowest BCUT2D eigenvalue weighted by atomic mass is 10.1. The molecule has 2 aromatic rings. The van der Waals surface area contributed by atoms with Gasteiger partial charge in [-0.25, -0.2) is 14.8 Å². The van der Waals surface area contributed by atoms with Crippen LogP contribution >= 0.6 is 23.2 Å². The number of halogens is 2. The van der Waals surface area contributed by atoms with Gasteiger partial charge < -0.3 is 4.74 Å². The van der Waals surface area contributed by atoms with Crippen LogP contribution in [0.15, 0.2) is 30.6 Å². The maximum absolute atomic E-state index is 11.8. The van der Waals surface area contributed by atoms with Crippen LogP contribution in [0.3, 0.4) is 0 Å². The van der Waals surface area contributed by atoms with Gasteiger partial charge in [-0.3, -0.25) is 0 Å². The highest BCUT2D eigenvalue weighted by molar-refractivity contribution is 6.42. The molecule has 1 aromatic carbocycles. The number of rotatable bonds is 3. The van der Waals surface area contributed by atoms with Crippen LogP contribution in [0.4, 0.5) is 0 Å². The molecule has 0 fully saturated rings. The summed E-state index contributed by atoms with van der Waals surface area (Å²) in [7, 11) is 0.